The second-order valence-electron chi connectivity index (χ2n) is 11.0. The zero-order chi connectivity index (χ0) is 28.9. The minimum absolute atomic E-state index is 0.0915. The van der Waals surface area contributed by atoms with Crippen LogP contribution >= 0.6 is 23.2 Å². The molecule has 2 aliphatic rings. The minimum atomic E-state index is -0.402. The van der Waals surface area contributed by atoms with Crippen LogP contribution in [-0.2, 0) is 11.2 Å². The highest BCUT2D eigenvalue weighted by atomic mass is 35.5. The maximum atomic E-state index is 14.2. The average Bonchev–Trinajstić information content (AvgIpc) is 3.82. The van der Waals surface area contributed by atoms with E-state index in [1.54, 1.807) is 6.07 Å². The van der Waals surface area contributed by atoms with Crippen LogP contribution in [0.25, 0.3) is 5.57 Å². The van der Waals surface area contributed by atoms with Crippen LogP contribution in [0.3, 0.4) is 0 Å². The monoisotopic (exact) mass is 593 g/mol. The first kappa shape index (κ1) is 29.7. The Kier molecular flexibility index (Phi) is 9.72. The Morgan fingerprint density at radius 1 is 0.976 bits per heavy atom. The number of benzene rings is 3. The van der Waals surface area contributed by atoms with Gasteiger partial charge in [-0.25, -0.2) is 0 Å². The van der Waals surface area contributed by atoms with E-state index in [-0.39, 0.29) is 18.3 Å². The second kappa shape index (κ2) is 13.4. The van der Waals surface area contributed by atoms with Gasteiger partial charge in [0.15, 0.2) is 5.78 Å². The van der Waals surface area contributed by atoms with Crippen LogP contribution in [0.1, 0.15) is 41.5 Å². The van der Waals surface area contributed by atoms with Crippen molar-refractivity contribution in [1.29, 1.82) is 0 Å². The number of ether oxygens (including phenoxy) is 2. The van der Waals surface area contributed by atoms with E-state index in [1.165, 1.54) is 0 Å². The van der Waals surface area contributed by atoms with E-state index < -0.39 is 6.04 Å². The molecule has 2 atom stereocenters. The molecule has 1 aliphatic carbocycles. The van der Waals surface area contributed by atoms with Crippen molar-refractivity contribution in [1.82, 2.24) is 5.32 Å². The first-order valence-electron chi connectivity index (χ1n) is 14.3. The zero-order valence-corrected chi connectivity index (χ0v) is 25.1. The molecule has 0 amide bonds. The van der Waals surface area contributed by atoms with E-state index in [9.17, 15) is 9.90 Å². The van der Waals surface area contributed by atoms with Gasteiger partial charge in [-0.1, -0.05) is 65.7 Å². The molecule has 1 saturated carbocycles. The number of carbonyl (C=O) groups is 1. The molecule has 1 heterocycles. The molecule has 3 aromatic rings. The molecule has 5 nitrogen and oxygen atoms in total. The predicted molar refractivity (Wildman–Crippen MR) is 165 cm³/mol. The first-order valence-corrected chi connectivity index (χ1v) is 15.1. The fourth-order valence-corrected chi connectivity index (χ4v) is 6.19. The number of para-hydroxylation sites is 1. The third-order valence-electron chi connectivity index (χ3n) is 8.10. The SMILES string of the molecule is Cc1cccc(C)c1OCCOc1ccc(C2=C(C(=O)C(Cc3cccc(Cl)c3Cl)C3CC3)[C@@H](CO)NCC2)cc1. The summed E-state index contributed by atoms with van der Waals surface area (Å²) in [5.41, 5.74) is 5.75. The molecule has 7 heteroatoms. The fourth-order valence-electron chi connectivity index (χ4n) is 5.79. The highest BCUT2D eigenvalue weighted by Gasteiger charge is 2.40. The lowest BCUT2D eigenvalue weighted by Gasteiger charge is -2.31. The van der Waals surface area contributed by atoms with Crippen LogP contribution < -0.4 is 14.8 Å². The van der Waals surface area contributed by atoms with E-state index in [0.717, 1.165) is 52.2 Å². The molecular weight excluding hydrogens is 557 g/mol. The number of aryl methyl sites for hydroxylation is 2. The van der Waals surface area contributed by atoms with Crippen LogP contribution in [0.5, 0.6) is 11.5 Å². The van der Waals surface area contributed by atoms with Crippen molar-refractivity contribution in [2.24, 2.45) is 11.8 Å². The molecular formula is C34H37Cl2NO4. The molecule has 1 unspecified atom stereocenters. The summed E-state index contributed by atoms with van der Waals surface area (Å²) in [6.07, 6.45) is 3.28. The Morgan fingerprint density at radius 2 is 1.66 bits per heavy atom. The standard InChI is InChI=1S/C34H37Cl2NO4/c1-21-5-3-6-22(2)34(21)41-18-17-40-26-13-11-23(12-14-26)27-15-16-37-30(20-38)31(27)33(39)28(24-9-10-24)19-25-7-4-8-29(35)32(25)36/h3-8,11-14,24,28,30,37-38H,9-10,15-20H2,1-2H3/t28?,30-/m1/s1. The highest BCUT2D eigenvalue weighted by molar-refractivity contribution is 6.42. The van der Waals surface area contributed by atoms with Crippen LogP contribution in [-0.4, -0.2) is 43.3 Å². The molecule has 0 spiro atoms. The maximum Gasteiger partial charge on any atom is 0.164 e. The van der Waals surface area contributed by atoms with Gasteiger partial charge in [-0.15, -0.1) is 0 Å². The molecule has 3 aromatic carbocycles. The van der Waals surface area contributed by atoms with E-state index in [4.69, 9.17) is 32.7 Å². The van der Waals surface area contributed by atoms with Crippen molar-refractivity contribution < 1.29 is 19.4 Å². The summed E-state index contributed by atoms with van der Waals surface area (Å²) in [6, 6.07) is 19.2. The summed E-state index contributed by atoms with van der Waals surface area (Å²) in [6.45, 7) is 5.50. The van der Waals surface area contributed by atoms with Gasteiger partial charge in [-0.2, -0.15) is 0 Å². The molecule has 41 heavy (non-hydrogen) atoms. The first-order chi connectivity index (χ1) is 19.9. The number of aliphatic hydroxyl groups excluding tert-OH is 1. The summed E-state index contributed by atoms with van der Waals surface area (Å²) >= 11 is 12.8. The molecule has 0 radical (unpaired) electrons. The van der Waals surface area contributed by atoms with Gasteiger partial charge in [0.05, 0.1) is 22.7 Å². The maximum absolute atomic E-state index is 14.2. The van der Waals surface area contributed by atoms with E-state index in [1.807, 2.05) is 68.4 Å². The molecule has 0 saturated heterocycles. The van der Waals surface area contributed by atoms with Crippen LogP contribution in [0.15, 0.2) is 66.2 Å². The number of hydrogen-bond donors (Lipinski definition) is 2. The number of rotatable bonds is 12. The van der Waals surface area contributed by atoms with Crippen molar-refractivity contribution >= 4 is 34.6 Å². The molecule has 2 N–H and O–H groups in total. The molecule has 216 valence electrons. The Morgan fingerprint density at radius 3 is 2.34 bits per heavy atom. The second-order valence-corrected chi connectivity index (χ2v) is 11.8. The largest absolute Gasteiger partial charge is 0.490 e. The number of hydrogen-bond acceptors (Lipinski definition) is 5. The van der Waals surface area contributed by atoms with Gasteiger partial charge in [0.2, 0.25) is 0 Å². The van der Waals surface area contributed by atoms with Crippen molar-refractivity contribution in [2.75, 3.05) is 26.4 Å². The number of aliphatic hydroxyl groups is 1. The molecule has 5 rings (SSSR count). The minimum Gasteiger partial charge on any atom is -0.490 e. The number of carbonyl (C=O) groups excluding carboxylic acids is 1. The fraction of sp³-hybridized carbons (Fsp3) is 0.382. The Labute approximate surface area is 252 Å². The molecule has 1 fully saturated rings. The van der Waals surface area contributed by atoms with Crippen molar-refractivity contribution in [3.05, 3.63) is 98.5 Å². The Balaban J connectivity index is 1.32. The highest BCUT2D eigenvalue weighted by Crippen LogP contribution is 2.43. The van der Waals surface area contributed by atoms with Gasteiger partial charge in [0, 0.05) is 11.5 Å². The normalized spacial score (nSPS) is 17.8. The number of ketones is 1. The van der Waals surface area contributed by atoms with Gasteiger partial charge >= 0.3 is 0 Å². The van der Waals surface area contributed by atoms with Crippen LogP contribution in [0.2, 0.25) is 10.0 Å². The van der Waals surface area contributed by atoms with Gasteiger partial charge in [-0.05, 0) is 98.0 Å². The van der Waals surface area contributed by atoms with E-state index >= 15 is 0 Å². The van der Waals surface area contributed by atoms with Crippen LogP contribution in [0, 0.1) is 25.7 Å². The predicted octanol–water partition coefficient (Wildman–Crippen LogP) is 7.01. The lowest BCUT2D eigenvalue weighted by Crippen LogP contribution is -2.43. The summed E-state index contributed by atoms with van der Waals surface area (Å²) in [5.74, 6) is 1.85. The third-order valence-corrected chi connectivity index (χ3v) is 8.95. The Hall–Kier alpha value is -2.83. The quantitative estimate of drug-likeness (QED) is 0.221. The number of nitrogens with one attached hydrogen (secondary N) is 1. The summed E-state index contributed by atoms with van der Waals surface area (Å²) in [4.78, 5) is 14.2. The van der Waals surface area contributed by atoms with Gasteiger partial charge < -0.3 is 19.9 Å². The van der Waals surface area contributed by atoms with Crippen LogP contribution in [0.4, 0.5) is 0 Å². The lowest BCUT2D eigenvalue weighted by atomic mass is 9.79. The average molecular weight is 595 g/mol. The third kappa shape index (κ3) is 6.98. The zero-order valence-electron chi connectivity index (χ0n) is 23.6. The summed E-state index contributed by atoms with van der Waals surface area (Å²) in [5, 5.41) is 14.6. The van der Waals surface area contributed by atoms with Crippen molar-refractivity contribution in [3.63, 3.8) is 0 Å². The number of halogens is 2. The summed E-state index contributed by atoms with van der Waals surface area (Å²) < 4.78 is 11.9. The van der Waals surface area contributed by atoms with Crippen molar-refractivity contribution in [3.8, 4) is 11.5 Å². The summed E-state index contributed by atoms with van der Waals surface area (Å²) in [7, 11) is 0. The molecule has 0 bridgehead atoms. The molecule has 0 aromatic heterocycles. The van der Waals surface area contributed by atoms with E-state index in [2.05, 4.69) is 5.32 Å². The smallest absolute Gasteiger partial charge is 0.164 e. The van der Waals surface area contributed by atoms with Gasteiger partial charge in [-0.3, -0.25) is 4.79 Å². The topological polar surface area (TPSA) is 67.8 Å². The molecule has 1 aliphatic heterocycles. The van der Waals surface area contributed by atoms with Gasteiger partial charge in [0.1, 0.15) is 24.7 Å². The number of Topliss-reactive ketones (excluding diaryl/α,β-unsaturated/α-hetero) is 1. The lowest BCUT2D eigenvalue weighted by molar-refractivity contribution is -0.120. The van der Waals surface area contributed by atoms with Crippen molar-refractivity contribution in [2.45, 2.75) is 45.6 Å². The van der Waals surface area contributed by atoms with E-state index in [0.29, 0.717) is 54.1 Å². The Bertz CT molecular complexity index is 1390. The van der Waals surface area contributed by atoms with Gasteiger partial charge in [0.25, 0.3) is 0 Å².